The SMILES string of the molecule is Cc1nn(Cc2ccccc2Cl)c(C)c1C=Nn1cnnc1. The van der Waals surface area contributed by atoms with E-state index in [4.69, 9.17) is 11.6 Å². The molecule has 7 heteroatoms. The summed E-state index contributed by atoms with van der Waals surface area (Å²) in [5.41, 5.74) is 3.98. The first-order valence-corrected chi connectivity index (χ1v) is 7.19. The van der Waals surface area contributed by atoms with Crippen LogP contribution in [0.25, 0.3) is 0 Å². The Morgan fingerprint density at radius 1 is 1.18 bits per heavy atom. The van der Waals surface area contributed by atoms with Crippen LogP contribution in [0.1, 0.15) is 22.5 Å². The fourth-order valence-corrected chi connectivity index (χ4v) is 2.41. The Morgan fingerprint density at radius 2 is 1.91 bits per heavy atom. The second-order valence-electron chi connectivity index (χ2n) is 4.92. The lowest BCUT2D eigenvalue weighted by molar-refractivity contribution is 0.659. The molecule has 22 heavy (non-hydrogen) atoms. The maximum absolute atomic E-state index is 6.22. The molecule has 3 rings (SSSR count). The number of hydrogen-bond donors (Lipinski definition) is 0. The molecule has 1 aromatic carbocycles. The van der Waals surface area contributed by atoms with Gasteiger partial charge in [-0.1, -0.05) is 29.8 Å². The van der Waals surface area contributed by atoms with Crippen LogP contribution in [-0.4, -0.2) is 30.9 Å². The first-order chi connectivity index (χ1) is 10.6. The van der Waals surface area contributed by atoms with E-state index in [1.54, 1.807) is 10.9 Å². The molecule has 112 valence electrons. The van der Waals surface area contributed by atoms with Crippen molar-refractivity contribution in [2.45, 2.75) is 20.4 Å². The molecule has 0 bridgehead atoms. The Kier molecular flexibility index (Phi) is 4.02. The number of halogens is 1. The topological polar surface area (TPSA) is 60.9 Å². The third-order valence-corrected chi connectivity index (χ3v) is 3.81. The minimum absolute atomic E-state index is 0.632. The Morgan fingerprint density at radius 3 is 2.64 bits per heavy atom. The molecule has 0 aliphatic rings. The zero-order chi connectivity index (χ0) is 15.5. The molecule has 0 unspecified atom stereocenters. The van der Waals surface area contributed by atoms with Crippen molar-refractivity contribution < 1.29 is 0 Å². The van der Waals surface area contributed by atoms with Gasteiger partial charge in [-0.05, 0) is 25.5 Å². The number of aromatic nitrogens is 5. The zero-order valence-electron chi connectivity index (χ0n) is 12.3. The normalized spacial score (nSPS) is 11.4. The lowest BCUT2D eigenvalue weighted by Gasteiger charge is -2.06. The van der Waals surface area contributed by atoms with E-state index in [0.717, 1.165) is 27.5 Å². The van der Waals surface area contributed by atoms with Gasteiger partial charge in [-0.3, -0.25) is 4.68 Å². The molecule has 0 N–H and O–H groups in total. The minimum atomic E-state index is 0.632. The van der Waals surface area contributed by atoms with E-state index in [2.05, 4.69) is 20.4 Å². The van der Waals surface area contributed by atoms with Crippen molar-refractivity contribution in [1.82, 2.24) is 24.7 Å². The van der Waals surface area contributed by atoms with Gasteiger partial charge in [0.05, 0.1) is 18.5 Å². The Labute approximate surface area is 133 Å². The Bertz CT molecular complexity index is 804. The van der Waals surface area contributed by atoms with Gasteiger partial charge in [-0.2, -0.15) is 10.2 Å². The largest absolute Gasteiger partial charge is 0.264 e. The van der Waals surface area contributed by atoms with Crippen LogP contribution in [0, 0.1) is 13.8 Å². The van der Waals surface area contributed by atoms with Crippen molar-refractivity contribution >= 4 is 17.8 Å². The smallest absolute Gasteiger partial charge is 0.141 e. The highest BCUT2D eigenvalue weighted by Gasteiger charge is 2.11. The van der Waals surface area contributed by atoms with Crippen molar-refractivity contribution in [3.63, 3.8) is 0 Å². The summed E-state index contributed by atoms with van der Waals surface area (Å²) in [5, 5.41) is 17.0. The van der Waals surface area contributed by atoms with Crippen LogP contribution in [0.15, 0.2) is 42.0 Å². The molecule has 0 amide bonds. The first-order valence-electron chi connectivity index (χ1n) is 6.81. The summed E-state index contributed by atoms with van der Waals surface area (Å²) in [6.07, 6.45) is 4.84. The number of rotatable bonds is 4. The highest BCUT2D eigenvalue weighted by atomic mass is 35.5. The molecule has 0 saturated heterocycles. The molecular formula is C15H15ClN6. The van der Waals surface area contributed by atoms with Crippen LogP contribution in [0.3, 0.4) is 0 Å². The van der Waals surface area contributed by atoms with E-state index < -0.39 is 0 Å². The highest BCUT2D eigenvalue weighted by Crippen LogP contribution is 2.18. The monoisotopic (exact) mass is 314 g/mol. The Hall–Kier alpha value is -2.47. The van der Waals surface area contributed by atoms with E-state index in [0.29, 0.717) is 6.54 Å². The molecule has 0 fully saturated rings. The van der Waals surface area contributed by atoms with E-state index in [1.165, 1.54) is 12.7 Å². The predicted octanol–water partition coefficient (Wildman–Crippen LogP) is 2.68. The fraction of sp³-hybridized carbons (Fsp3) is 0.200. The predicted molar refractivity (Wildman–Crippen MR) is 85.3 cm³/mol. The molecule has 3 aromatic rings. The van der Waals surface area contributed by atoms with Crippen LogP contribution in [0.4, 0.5) is 0 Å². The zero-order valence-corrected chi connectivity index (χ0v) is 13.1. The van der Waals surface area contributed by atoms with Crippen molar-refractivity contribution in [3.05, 3.63) is 64.5 Å². The van der Waals surface area contributed by atoms with Gasteiger partial charge in [0.1, 0.15) is 12.7 Å². The van der Waals surface area contributed by atoms with Crippen molar-refractivity contribution in [2.24, 2.45) is 5.10 Å². The second kappa shape index (κ2) is 6.11. The molecule has 2 aromatic heterocycles. The van der Waals surface area contributed by atoms with Gasteiger partial charge >= 0.3 is 0 Å². The van der Waals surface area contributed by atoms with Gasteiger partial charge in [-0.25, -0.2) is 4.68 Å². The molecule has 2 heterocycles. The van der Waals surface area contributed by atoms with Gasteiger partial charge in [0.25, 0.3) is 0 Å². The number of aryl methyl sites for hydroxylation is 1. The molecular weight excluding hydrogens is 300 g/mol. The number of benzene rings is 1. The van der Waals surface area contributed by atoms with E-state index >= 15 is 0 Å². The van der Waals surface area contributed by atoms with E-state index in [9.17, 15) is 0 Å². The molecule has 0 spiro atoms. The molecule has 0 aliphatic heterocycles. The number of nitrogens with zero attached hydrogens (tertiary/aromatic N) is 6. The maximum Gasteiger partial charge on any atom is 0.141 e. The summed E-state index contributed by atoms with van der Waals surface area (Å²) in [6, 6.07) is 7.78. The summed E-state index contributed by atoms with van der Waals surface area (Å²) >= 11 is 6.22. The van der Waals surface area contributed by atoms with Gasteiger partial charge in [0.15, 0.2) is 0 Å². The average molecular weight is 315 g/mol. The third-order valence-electron chi connectivity index (χ3n) is 3.44. The van der Waals surface area contributed by atoms with Crippen LogP contribution >= 0.6 is 11.6 Å². The third kappa shape index (κ3) is 2.92. The van der Waals surface area contributed by atoms with Gasteiger partial charge < -0.3 is 0 Å². The quantitative estimate of drug-likeness (QED) is 0.696. The minimum Gasteiger partial charge on any atom is -0.264 e. The van der Waals surface area contributed by atoms with Gasteiger partial charge in [-0.15, -0.1) is 10.2 Å². The first kappa shape index (κ1) is 14.5. The molecule has 0 radical (unpaired) electrons. The standard InChI is InChI=1S/C15H15ClN6/c1-11-14(7-19-21-9-17-18-10-21)12(2)22(20-11)8-13-5-3-4-6-15(13)16/h3-7,9-10H,8H2,1-2H3. The van der Waals surface area contributed by atoms with Crippen LogP contribution < -0.4 is 0 Å². The summed E-state index contributed by atoms with van der Waals surface area (Å²) < 4.78 is 3.48. The van der Waals surface area contributed by atoms with E-state index in [1.807, 2.05) is 42.8 Å². The lowest BCUT2D eigenvalue weighted by Crippen LogP contribution is -2.04. The molecule has 6 nitrogen and oxygen atoms in total. The molecule has 0 aliphatic carbocycles. The lowest BCUT2D eigenvalue weighted by atomic mass is 10.2. The van der Waals surface area contributed by atoms with Crippen LogP contribution in [-0.2, 0) is 6.54 Å². The summed E-state index contributed by atoms with van der Waals surface area (Å²) in [4.78, 5) is 0. The van der Waals surface area contributed by atoms with Gasteiger partial charge in [0.2, 0.25) is 0 Å². The van der Waals surface area contributed by atoms with Crippen molar-refractivity contribution in [3.8, 4) is 0 Å². The number of hydrogen-bond acceptors (Lipinski definition) is 4. The fourth-order valence-electron chi connectivity index (χ4n) is 2.22. The van der Waals surface area contributed by atoms with Crippen molar-refractivity contribution in [2.75, 3.05) is 0 Å². The average Bonchev–Trinajstić information content (AvgIpc) is 3.10. The summed E-state index contributed by atoms with van der Waals surface area (Å²) in [7, 11) is 0. The van der Waals surface area contributed by atoms with Crippen LogP contribution in [0.5, 0.6) is 0 Å². The molecule has 0 atom stereocenters. The summed E-state index contributed by atoms with van der Waals surface area (Å²) in [5.74, 6) is 0. The van der Waals surface area contributed by atoms with Crippen LogP contribution in [0.2, 0.25) is 5.02 Å². The second-order valence-corrected chi connectivity index (χ2v) is 5.33. The molecule has 0 saturated carbocycles. The van der Waals surface area contributed by atoms with Gasteiger partial charge in [0, 0.05) is 16.3 Å². The maximum atomic E-state index is 6.22. The van der Waals surface area contributed by atoms with E-state index in [-0.39, 0.29) is 0 Å². The Balaban J connectivity index is 1.88. The van der Waals surface area contributed by atoms with Crippen molar-refractivity contribution in [1.29, 1.82) is 0 Å². The highest BCUT2D eigenvalue weighted by molar-refractivity contribution is 6.31. The summed E-state index contributed by atoms with van der Waals surface area (Å²) in [6.45, 7) is 4.61.